The highest BCUT2D eigenvalue weighted by Crippen LogP contribution is 2.36. The number of aromatic nitrogens is 3. The molecule has 3 N–H and O–H groups in total. The SMILES string of the molecule is O=C1NCCCCCCOc2cccc(n2)Nc2cc([nH]n2)[C@H]2CC[C@H](C2)O1. The Morgan fingerprint density at radius 2 is 2.00 bits per heavy atom. The summed E-state index contributed by atoms with van der Waals surface area (Å²) in [5.41, 5.74) is 1.05. The number of hydrogen-bond acceptors (Lipinski definition) is 6. The van der Waals surface area contributed by atoms with E-state index < -0.39 is 0 Å². The summed E-state index contributed by atoms with van der Waals surface area (Å²) in [6.45, 7) is 1.27. The van der Waals surface area contributed by atoms with Gasteiger partial charge in [0.1, 0.15) is 11.9 Å². The molecule has 0 spiro atoms. The Kier molecular flexibility index (Phi) is 5.94. The van der Waals surface area contributed by atoms with E-state index in [1.807, 2.05) is 24.3 Å². The molecule has 1 fully saturated rings. The highest BCUT2D eigenvalue weighted by molar-refractivity contribution is 5.67. The first-order chi connectivity index (χ1) is 13.8. The van der Waals surface area contributed by atoms with Gasteiger partial charge in [-0.1, -0.05) is 18.9 Å². The first-order valence-electron chi connectivity index (χ1n) is 10.1. The predicted octanol–water partition coefficient (Wildman–Crippen LogP) is 3.86. The molecule has 2 atom stereocenters. The molecular weight excluding hydrogens is 358 g/mol. The van der Waals surface area contributed by atoms with Gasteiger partial charge in [0.2, 0.25) is 5.88 Å². The highest BCUT2D eigenvalue weighted by Gasteiger charge is 2.29. The molecular formula is C20H27N5O3. The van der Waals surface area contributed by atoms with Crippen LogP contribution in [-0.2, 0) is 4.74 Å². The number of fused-ring (bicyclic) bond motifs is 7. The summed E-state index contributed by atoms with van der Waals surface area (Å²) in [6.07, 6.45) is 6.32. The van der Waals surface area contributed by atoms with Crippen LogP contribution in [0.1, 0.15) is 56.6 Å². The lowest BCUT2D eigenvalue weighted by Gasteiger charge is -2.13. The van der Waals surface area contributed by atoms with Crippen molar-refractivity contribution in [2.75, 3.05) is 18.5 Å². The second kappa shape index (κ2) is 8.95. The molecule has 1 aliphatic carbocycles. The van der Waals surface area contributed by atoms with Gasteiger partial charge in [0.05, 0.1) is 6.61 Å². The first-order valence-corrected chi connectivity index (χ1v) is 10.1. The van der Waals surface area contributed by atoms with E-state index in [9.17, 15) is 4.79 Å². The fourth-order valence-electron chi connectivity index (χ4n) is 3.78. The third kappa shape index (κ3) is 4.94. The molecule has 1 aliphatic heterocycles. The van der Waals surface area contributed by atoms with Crippen LogP contribution in [-0.4, -0.2) is 40.5 Å². The molecule has 2 aliphatic rings. The second-order valence-electron chi connectivity index (χ2n) is 7.42. The van der Waals surface area contributed by atoms with Crippen molar-refractivity contribution in [3.63, 3.8) is 0 Å². The van der Waals surface area contributed by atoms with E-state index >= 15 is 0 Å². The average molecular weight is 385 g/mol. The van der Waals surface area contributed by atoms with Crippen LogP contribution in [0.4, 0.5) is 16.4 Å². The number of pyridine rings is 1. The van der Waals surface area contributed by atoms with Crippen molar-refractivity contribution in [2.45, 2.75) is 57.0 Å². The summed E-state index contributed by atoms with van der Waals surface area (Å²) < 4.78 is 11.3. The molecule has 4 rings (SSSR count). The van der Waals surface area contributed by atoms with Crippen molar-refractivity contribution in [3.05, 3.63) is 30.0 Å². The van der Waals surface area contributed by atoms with Gasteiger partial charge < -0.3 is 20.1 Å². The molecule has 0 unspecified atom stereocenters. The van der Waals surface area contributed by atoms with Gasteiger partial charge in [-0.15, -0.1) is 0 Å². The zero-order valence-electron chi connectivity index (χ0n) is 15.9. The standard InChI is InChI=1S/C20H27N5O3/c26-20-21-10-3-1-2-4-11-27-19-7-5-6-17(23-19)22-18-13-16(24-25-18)14-8-9-15(12-14)28-20/h5-7,13-15H,1-4,8-12H2,(H,21,26)(H2,22,23,24,25)/t14-,15+/m0/s1. The summed E-state index contributed by atoms with van der Waals surface area (Å²) in [4.78, 5) is 16.5. The number of rotatable bonds is 0. The molecule has 150 valence electrons. The van der Waals surface area contributed by atoms with Gasteiger partial charge in [-0.3, -0.25) is 5.10 Å². The average Bonchev–Trinajstić information content (AvgIpc) is 3.33. The third-order valence-electron chi connectivity index (χ3n) is 5.27. The minimum Gasteiger partial charge on any atom is -0.478 e. The molecule has 0 radical (unpaired) electrons. The van der Waals surface area contributed by atoms with Crippen molar-refractivity contribution < 1.29 is 14.3 Å². The molecule has 0 aromatic carbocycles. The lowest BCUT2D eigenvalue weighted by Crippen LogP contribution is -2.28. The van der Waals surface area contributed by atoms with Crippen LogP contribution in [0.15, 0.2) is 24.3 Å². The van der Waals surface area contributed by atoms with E-state index in [0.29, 0.717) is 30.8 Å². The maximum atomic E-state index is 12.0. The predicted molar refractivity (Wildman–Crippen MR) is 105 cm³/mol. The normalized spacial score (nSPS) is 23.6. The number of H-pyrrole nitrogens is 1. The van der Waals surface area contributed by atoms with E-state index in [2.05, 4.69) is 25.8 Å². The lowest BCUT2D eigenvalue weighted by atomic mass is 10.0. The zero-order valence-corrected chi connectivity index (χ0v) is 15.9. The van der Waals surface area contributed by atoms with Crippen LogP contribution < -0.4 is 15.4 Å². The molecule has 8 heteroatoms. The number of alkyl carbamates (subject to hydrolysis) is 1. The maximum Gasteiger partial charge on any atom is 0.407 e. The summed E-state index contributed by atoms with van der Waals surface area (Å²) in [7, 11) is 0. The minimum atomic E-state index is -0.306. The lowest BCUT2D eigenvalue weighted by molar-refractivity contribution is 0.100. The molecule has 8 nitrogen and oxygen atoms in total. The number of carbonyl (C=O) groups is 1. The Morgan fingerprint density at radius 1 is 1.07 bits per heavy atom. The first kappa shape index (κ1) is 18.6. The topological polar surface area (TPSA) is 101 Å². The van der Waals surface area contributed by atoms with Gasteiger partial charge in [-0.05, 0) is 38.2 Å². The Bertz CT molecular complexity index is 794. The van der Waals surface area contributed by atoms with Crippen LogP contribution in [0.5, 0.6) is 5.88 Å². The quantitative estimate of drug-likeness (QED) is 0.636. The van der Waals surface area contributed by atoms with Crippen LogP contribution in [0.3, 0.4) is 0 Å². The molecule has 28 heavy (non-hydrogen) atoms. The van der Waals surface area contributed by atoms with Gasteiger partial charge in [0, 0.05) is 30.3 Å². The fourth-order valence-corrected chi connectivity index (χ4v) is 3.78. The van der Waals surface area contributed by atoms with Crippen molar-refractivity contribution in [2.24, 2.45) is 0 Å². The summed E-state index contributed by atoms with van der Waals surface area (Å²) >= 11 is 0. The Balaban J connectivity index is 1.46. The minimum absolute atomic E-state index is 0.0363. The van der Waals surface area contributed by atoms with E-state index in [0.717, 1.165) is 56.5 Å². The number of nitrogens with zero attached hydrogens (tertiary/aromatic N) is 2. The number of ether oxygens (including phenoxy) is 2. The Morgan fingerprint density at radius 3 is 2.96 bits per heavy atom. The van der Waals surface area contributed by atoms with E-state index in [4.69, 9.17) is 9.47 Å². The molecule has 1 saturated carbocycles. The van der Waals surface area contributed by atoms with Crippen molar-refractivity contribution in [1.29, 1.82) is 0 Å². The van der Waals surface area contributed by atoms with Crippen LogP contribution >= 0.6 is 0 Å². The van der Waals surface area contributed by atoms with Crippen LogP contribution in [0, 0.1) is 0 Å². The number of amides is 1. The van der Waals surface area contributed by atoms with Crippen LogP contribution in [0.25, 0.3) is 0 Å². The molecule has 6 bridgehead atoms. The molecule has 2 aromatic rings. The van der Waals surface area contributed by atoms with E-state index in [-0.39, 0.29) is 12.2 Å². The number of aromatic amines is 1. The van der Waals surface area contributed by atoms with Crippen molar-refractivity contribution in [3.8, 4) is 5.88 Å². The van der Waals surface area contributed by atoms with Crippen molar-refractivity contribution >= 4 is 17.7 Å². The van der Waals surface area contributed by atoms with E-state index in [1.165, 1.54) is 0 Å². The highest BCUT2D eigenvalue weighted by atomic mass is 16.6. The smallest absolute Gasteiger partial charge is 0.407 e. The summed E-state index contributed by atoms with van der Waals surface area (Å²) in [5, 5.41) is 13.5. The second-order valence-corrected chi connectivity index (χ2v) is 7.42. The monoisotopic (exact) mass is 385 g/mol. The van der Waals surface area contributed by atoms with Gasteiger partial charge in [-0.25, -0.2) is 4.79 Å². The number of nitrogens with one attached hydrogen (secondary N) is 3. The van der Waals surface area contributed by atoms with Gasteiger partial charge in [0.25, 0.3) is 0 Å². The third-order valence-corrected chi connectivity index (χ3v) is 5.27. The summed E-state index contributed by atoms with van der Waals surface area (Å²) in [5.74, 6) is 2.35. The van der Waals surface area contributed by atoms with Gasteiger partial charge in [-0.2, -0.15) is 10.1 Å². The summed E-state index contributed by atoms with van der Waals surface area (Å²) in [6, 6.07) is 7.68. The van der Waals surface area contributed by atoms with Crippen LogP contribution in [0.2, 0.25) is 0 Å². The molecule has 3 heterocycles. The zero-order chi connectivity index (χ0) is 19.2. The number of carbonyl (C=O) groups excluding carboxylic acids is 1. The fraction of sp³-hybridized carbons (Fsp3) is 0.550. The van der Waals surface area contributed by atoms with Crippen molar-refractivity contribution in [1.82, 2.24) is 20.5 Å². The molecule has 2 aromatic heterocycles. The van der Waals surface area contributed by atoms with E-state index in [1.54, 1.807) is 0 Å². The number of anilines is 2. The number of hydrogen-bond donors (Lipinski definition) is 3. The Hall–Kier alpha value is -2.77. The molecule has 0 saturated heterocycles. The largest absolute Gasteiger partial charge is 0.478 e. The maximum absolute atomic E-state index is 12.0. The molecule has 1 amide bonds. The van der Waals surface area contributed by atoms with Gasteiger partial charge >= 0.3 is 6.09 Å². The Labute approximate surface area is 164 Å². The van der Waals surface area contributed by atoms with Gasteiger partial charge in [0.15, 0.2) is 5.82 Å².